The minimum atomic E-state index is -0.138. The Morgan fingerprint density at radius 1 is 1.40 bits per heavy atom. The molecule has 0 aromatic heterocycles. The molecule has 4 nitrogen and oxygen atoms in total. The van der Waals surface area contributed by atoms with Crippen molar-refractivity contribution in [2.24, 2.45) is 0 Å². The van der Waals surface area contributed by atoms with Crippen LogP contribution >= 0.6 is 0 Å². The van der Waals surface area contributed by atoms with Gasteiger partial charge in [0.05, 0.1) is 19.1 Å². The highest BCUT2D eigenvalue weighted by molar-refractivity contribution is 5.69. The molecule has 0 spiro atoms. The Hall–Kier alpha value is -1.08. The van der Waals surface area contributed by atoms with E-state index in [0.29, 0.717) is 19.4 Å². The van der Waals surface area contributed by atoms with Crippen LogP contribution in [-0.4, -0.2) is 37.6 Å². The van der Waals surface area contributed by atoms with E-state index in [0.717, 1.165) is 25.9 Å². The van der Waals surface area contributed by atoms with E-state index >= 15 is 0 Å². The highest BCUT2D eigenvalue weighted by atomic mass is 16.5. The molecule has 0 rings (SSSR count). The van der Waals surface area contributed by atoms with E-state index in [1.54, 1.807) is 0 Å². The van der Waals surface area contributed by atoms with Crippen molar-refractivity contribution in [2.75, 3.05) is 26.7 Å². The van der Waals surface area contributed by atoms with E-state index < -0.39 is 0 Å². The Kier molecular flexibility index (Phi) is 8.79. The summed E-state index contributed by atoms with van der Waals surface area (Å²) < 4.78 is 4.83. The quantitative estimate of drug-likeness (QED) is 0.452. The summed E-state index contributed by atoms with van der Waals surface area (Å²) in [6.45, 7) is 3.92. The van der Waals surface area contributed by atoms with Crippen molar-refractivity contribution in [1.82, 2.24) is 4.90 Å². The highest BCUT2D eigenvalue weighted by Crippen LogP contribution is 1.97. The first-order valence-electron chi connectivity index (χ1n) is 5.41. The molecule has 0 bridgehead atoms. The smallest absolute Gasteiger partial charge is 0.307 e. The Morgan fingerprint density at radius 2 is 2.13 bits per heavy atom. The molecule has 0 radical (unpaired) electrons. The molecule has 0 aromatic carbocycles. The standard InChI is InChI=1S/C11H20N2O2/c1-3-15-11(14)7-10-13(2)9-6-4-5-8-12/h3-7,9-10H2,1-2H3. The van der Waals surface area contributed by atoms with Crippen molar-refractivity contribution in [3.8, 4) is 6.07 Å². The van der Waals surface area contributed by atoms with Crippen molar-refractivity contribution in [3.05, 3.63) is 0 Å². The number of hydrogen-bond donors (Lipinski definition) is 0. The molecule has 0 saturated carbocycles. The third kappa shape index (κ3) is 9.23. The molecule has 15 heavy (non-hydrogen) atoms. The van der Waals surface area contributed by atoms with Crippen LogP contribution in [0.4, 0.5) is 0 Å². The lowest BCUT2D eigenvalue weighted by Crippen LogP contribution is -2.23. The van der Waals surface area contributed by atoms with Crippen LogP contribution in [0.5, 0.6) is 0 Å². The maximum absolute atomic E-state index is 11.0. The minimum Gasteiger partial charge on any atom is -0.466 e. The fourth-order valence-corrected chi connectivity index (χ4v) is 1.21. The molecule has 0 aromatic rings. The SMILES string of the molecule is CCOC(=O)CCN(C)CCCCC#N. The van der Waals surface area contributed by atoms with Gasteiger partial charge in [0, 0.05) is 13.0 Å². The van der Waals surface area contributed by atoms with Gasteiger partial charge in [0.15, 0.2) is 0 Å². The summed E-state index contributed by atoms with van der Waals surface area (Å²) in [5, 5.41) is 8.34. The zero-order valence-corrected chi connectivity index (χ0v) is 9.66. The number of rotatable bonds is 8. The van der Waals surface area contributed by atoms with Crippen LogP contribution in [0.2, 0.25) is 0 Å². The van der Waals surface area contributed by atoms with Crippen LogP contribution in [0, 0.1) is 11.3 Å². The zero-order chi connectivity index (χ0) is 11.5. The monoisotopic (exact) mass is 212 g/mol. The fraction of sp³-hybridized carbons (Fsp3) is 0.818. The van der Waals surface area contributed by atoms with Crippen LogP contribution in [0.1, 0.15) is 32.6 Å². The molecule has 0 atom stereocenters. The predicted octanol–water partition coefficient (Wildman–Crippen LogP) is 1.57. The van der Waals surface area contributed by atoms with E-state index in [4.69, 9.17) is 10.00 Å². The summed E-state index contributed by atoms with van der Waals surface area (Å²) in [5.74, 6) is -0.138. The van der Waals surface area contributed by atoms with Crippen molar-refractivity contribution in [2.45, 2.75) is 32.6 Å². The zero-order valence-electron chi connectivity index (χ0n) is 9.66. The maximum Gasteiger partial charge on any atom is 0.307 e. The third-order valence-corrected chi connectivity index (χ3v) is 2.08. The van der Waals surface area contributed by atoms with E-state index in [1.807, 2.05) is 14.0 Å². The lowest BCUT2D eigenvalue weighted by molar-refractivity contribution is -0.143. The number of unbranched alkanes of at least 4 members (excludes halogenated alkanes) is 2. The maximum atomic E-state index is 11.0. The Morgan fingerprint density at radius 3 is 2.73 bits per heavy atom. The van der Waals surface area contributed by atoms with E-state index in [2.05, 4.69) is 11.0 Å². The molecular formula is C11H20N2O2. The van der Waals surface area contributed by atoms with E-state index in [9.17, 15) is 4.79 Å². The predicted molar refractivity (Wildman–Crippen MR) is 58.2 cm³/mol. The molecule has 0 aliphatic carbocycles. The Labute approximate surface area is 91.8 Å². The molecule has 0 unspecified atom stereocenters. The van der Waals surface area contributed by atoms with Gasteiger partial charge < -0.3 is 9.64 Å². The lowest BCUT2D eigenvalue weighted by Gasteiger charge is -2.15. The molecular weight excluding hydrogens is 192 g/mol. The van der Waals surface area contributed by atoms with E-state index in [-0.39, 0.29) is 5.97 Å². The fourth-order valence-electron chi connectivity index (χ4n) is 1.21. The first-order valence-corrected chi connectivity index (χ1v) is 5.41. The summed E-state index contributed by atoms with van der Waals surface area (Å²) >= 11 is 0. The average Bonchev–Trinajstić information content (AvgIpc) is 2.22. The van der Waals surface area contributed by atoms with Crippen molar-refractivity contribution in [1.29, 1.82) is 5.26 Å². The van der Waals surface area contributed by atoms with Gasteiger partial charge in [0.25, 0.3) is 0 Å². The van der Waals surface area contributed by atoms with Gasteiger partial charge in [-0.05, 0) is 33.4 Å². The van der Waals surface area contributed by atoms with Crippen LogP contribution in [0.25, 0.3) is 0 Å². The Balaban J connectivity index is 3.37. The molecule has 0 aliphatic rings. The number of nitriles is 1. The van der Waals surface area contributed by atoms with Crippen LogP contribution in [0.3, 0.4) is 0 Å². The van der Waals surface area contributed by atoms with Crippen LogP contribution in [-0.2, 0) is 9.53 Å². The van der Waals surface area contributed by atoms with Gasteiger partial charge in [-0.25, -0.2) is 0 Å². The number of carbonyl (C=O) groups is 1. The number of carbonyl (C=O) groups excluding carboxylic acids is 1. The minimum absolute atomic E-state index is 0.138. The number of ether oxygens (including phenoxy) is 1. The highest BCUT2D eigenvalue weighted by Gasteiger charge is 2.04. The number of hydrogen-bond acceptors (Lipinski definition) is 4. The topological polar surface area (TPSA) is 53.3 Å². The summed E-state index contributed by atoms with van der Waals surface area (Å²) in [7, 11) is 1.98. The molecule has 0 heterocycles. The second kappa shape index (κ2) is 9.47. The van der Waals surface area contributed by atoms with Gasteiger partial charge in [-0.15, -0.1) is 0 Å². The van der Waals surface area contributed by atoms with Crippen molar-refractivity contribution in [3.63, 3.8) is 0 Å². The van der Waals surface area contributed by atoms with Gasteiger partial charge in [0.1, 0.15) is 0 Å². The molecule has 0 fully saturated rings. The number of esters is 1. The van der Waals surface area contributed by atoms with Crippen LogP contribution in [0.15, 0.2) is 0 Å². The number of nitrogens with zero attached hydrogens (tertiary/aromatic N) is 2. The molecule has 0 saturated heterocycles. The summed E-state index contributed by atoms with van der Waals surface area (Å²) in [4.78, 5) is 13.1. The largest absolute Gasteiger partial charge is 0.466 e. The molecule has 0 amide bonds. The first-order chi connectivity index (χ1) is 7.20. The van der Waals surface area contributed by atoms with E-state index in [1.165, 1.54) is 0 Å². The molecule has 4 heteroatoms. The molecule has 86 valence electrons. The third-order valence-electron chi connectivity index (χ3n) is 2.08. The van der Waals surface area contributed by atoms with Crippen molar-refractivity contribution < 1.29 is 9.53 Å². The van der Waals surface area contributed by atoms with Gasteiger partial charge in [-0.2, -0.15) is 5.26 Å². The van der Waals surface area contributed by atoms with Gasteiger partial charge in [-0.1, -0.05) is 0 Å². The van der Waals surface area contributed by atoms with Gasteiger partial charge >= 0.3 is 5.97 Å². The van der Waals surface area contributed by atoms with Crippen molar-refractivity contribution >= 4 is 5.97 Å². The first kappa shape index (κ1) is 13.9. The molecule has 0 N–H and O–H groups in total. The lowest BCUT2D eigenvalue weighted by atomic mass is 10.2. The van der Waals surface area contributed by atoms with Gasteiger partial charge in [-0.3, -0.25) is 4.79 Å². The summed E-state index contributed by atoms with van der Waals surface area (Å²) in [5.41, 5.74) is 0. The summed E-state index contributed by atoms with van der Waals surface area (Å²) in [6.07, 6.45) is 3.00. The van der Waals surface area contributed by atoms with Crippen LogP contribution < -0.4 is 0 Å². The normalized spacial score (nSPS) is 10.0. The molecule has 0 aliphatic heterocycles. The van der Waals surface area contributed by atoms with Gasteiger partial charge in [0.2, 0.25) is 0 Å². The second-order valence-corrected chi connectivity index (χ2v) is 3.47. The Bertz CT molecular complexity index is 211. The average molecular weight is 212 g/mol. The second-order valence-electron chi connectivity index (χ2n) is 3.47. The summed E-state index contributed by atoms with van der Waals surface area (Å²) in [6, 6.07) is 2.12.